The van der Waals surface area contributed by atoms with E-state index in [2.05, 4.69) is 5.32 Å². The second kappa shape index (κ2) is 7.81. The molecule has 1 aromatic rings. The van der Waals surface area contributed by atoms with Crippen molar-refractivity contribution in [2.24, 2.45) is 0 Å². The molecule has 0 bridgehead atoms. The molecule has 0 unspecified atom stereocenters. The molecule has 0 aromatic heterocycles. The predicted octanol–water partition coefficient (Wildman–Crippen LogP) is 2.45. The van der Waals surface area contributed by atoms with Crippen molar-refractivity contribution in [3.63, 3.8) is 0 Å². The fraction of sp³-hybridized carbons (Fsp3) is 0.533. The van der Waals surface area contributed by atoms with Crippen molar-refractivity contribution in [1.82, 2.24) is 5.32 Å². The summed E-state index contributed by atoms with van der Waals surface area (Å²) in [4.78, 5) is 28.6. The molecule has 23 heavy (non-hydrogen) atoms. The monoisotopic (exact) mass is 343 g/mol. The number of hydrogen-bond acceptors (Lipinski definition) is 4. The van der Waals surface area contributed by atoms with E-state index in [1.54, 1.807) is 13.2 Å². The van der Waals surface area contributed by atoms with Crippen LogP contribution in [0.25, 0.3) is 0 Å². The maximum absolute atomic E-state index is 11.1. The molecule has 0 saturated heterocycles. The first kappa shape index (κ1) is 17.8. The maximum atomic E-state index is 11.1. The maximum Gasteiger partial charge on any atom is 0.413 e. The van der Waals surface area contributed by atoms with Crippen LogP contribution in [-0.2, 0) is 11.0 Å². The van der Waals surface area contributed by atoms with Crippen molar-refractivity contribution in [2.75, 3.05) is 13.7 Å². The first-order valence-corrected chi connectivity index (χ1v) is 9.19. The van der Waals surface area contributed by atoms with Crippen molar-refractivity contribution < 1.29 is 28.6 Å². The minimum atomic E-state index is -4.72. The van der Waals surface area contributed by atoms with E-state index < -0.39 is 13.2 Å². The highest BCUT2D eigenvalue weighted by atomic mass is 31.2. The summed E-state index contributed by atoms with van der Waals surface area (Å²) in [5.41, 5.74) is -0.363. The lowest BCUT2D eigenvalue weighted by Crippen LogP contribution is -2.24. The molecule has 1 aliphatic rings. The van der Waals surface area contributed by atoms with Crippen LogP contribution in [0.2, 0.25) is 0 Å². The molecular weight excluding hydrogens is 321 g/mol. The molecule has 3 N–H and O–H groups in total. The van der Waals surface area contributed by atoms with E-state index in [-0.39, 0.29) is 12.6 Å². The number of benzene rings is 1. The van der Waals surface area contributed by atoms with Gasteiger partial charge >= 0.3 is 13.2 Å². The Hall–Kier alpha value is -1.56. The van der Waals surface area contributed by atoms with Gasteiger partial charge in [0.2, 0.25) is 0 Å². The number of methoxy groups -OCH3 is 1. The molecule has 0 spiro atoms. The van der Waals surface area contributed by atoms with Crippen molar-refractivity contribution in [3.8, 4) is 11.5 Å². The molecule has 0 aliphatic heterocycles. The van der Waals surface area contributed by atoms with Crippen LogP contribution in [0.15, 0.2) is 18.2 Å². The Kier molecular flexibility index (Phi) is 6.04. The lowest BCUT2D eigenvalue weighted by Gasteiger charge is -2.17. The quantitative estimate of drug-likeness (QED) is 0.657. The molecule has 1 saturated carbocycles. The molecule has 128 valence electrons. The largest absolute Gasteiger partial charge is 0.493 e. The van der Waals surface area contributed by atoms with E-state index in [9.17, 15) is 9.36 Å². The Morgan fingerprint density at radius 3 is 2.61 bits per heavy atom. The molecule has 8 heteroatoms. The predicted molar refractivity (Wildman–Crippen MR) is 85.0 cm³/mol. The second-order valence-electron chi connectivity index (χ2n) is 5.54. The van der Waals surface area contributed by atoms with Crippen molar-refractivity contribution in [2.45, 2.75) is 38.2 Å². The third-order valence-electron chi connectivity index (χ3n) is 3.78. The summed E-state index contributed by atoms with van der Waals surface area (Å²) in [6.45, 7) is 0.138. The minimum Gasteiger partial charge on any atom is -0.493 e. The zero-order valence-electron chi connectivity index (χ0n) is 13.0. The summed E-state index contributed by atoms with van der Waals surface area (Å²) < 4.78 is 22.0. The van der Waals surface area contributed by atoms with Crippen LogP contribution in [0, 0.1) is 0 Å². The number of hydrogen-bond donors (Lipinski definition) is 3. The highest BCUT2D eigenvalue weighted by molar-refractivity contribution is 7.69. The number of ether oxygens (including phenoxy) is 2. The van der Waals surface area contributed by atoms with Gasteiger partial charge in [-0.2, -0.15) is 0 Å². The van der Waals surface area contributed by atoms with Gasteiger partial charge in [-0.05, 0) is 49.8 Å². The SMILES string of the molecule is COc1ccc(CCNC(=O)P(=O)(O)O)cc1OC1CCCC1. The van der Waals surface area contributed by atoms with Gasteiger partial charge < -0.3 is 24.6 Å². The Bertz CT molecular complexity index is 594. The number of nitrogens with one attached hydrogen (secondary N) is 1. The molecular formula is C15H22NO6P. The van der Waals surface area contributed by atoms with Crippen LogP contribution in [0.5, 0.6) is 11.5 Å². The van der Waals surface area contributed by atoms with E-state index in [1.807, 2.05) is 12.1 Å². The number of amides is 1. The van der Waals surface area contributed by atoms with E-state index >= 15 is 0 Å². The van der Waals surface area contributed by atoms with Gasteiger partial charge in [0.15, 0.2) is 11.5 Å². The average Bonchev–Trinajstić information content (AvgIpc) is 2.99. The Morgan fingerprint density at radius 1 is 1.30 bits per heavy atom. The second-order valence-corrected chi connectivity index (χ2v) is 7.03. The van der Waals surface area contributed by atoms with Crippen LogP contribution >= 0.6 is 7.60 Å². The van der Waals surface area contributed by atoms with Crippen molar-refractivity contribution >= 4 is 13.2 Å². The molecule has 2 rings (SSSR count). The molecule has 7 nitrogen and oxygen atoms in total. The number of carbonyl (C=O) groups excluding carboxylic acids is 1. The van der Waals surface area contributed by atoms with Crippen LogP contribution in [-0.4, -0.2) is 35.2 Å². The smallest absolute Gasteiger partial charge is 0.413 e. The zero-order chi connectivity index (χ0) is 16.9. The van der Waals surface area contributed by atoms with Crippen LogP contribution in [0.3, 0.4) is 0 Å². The Morgan fingerprint density at radius 2 is 2.00 bits per heavy atom. The van der Waals surface area contributed by atoms with Crippen LogP contribution in [0.4, 0.5) is 4.79 Å². The molecule has 0 heterocycles. The summed E-state index contributed by atoms with van der Waals surface area (Å²) in [5, 5.41) is 2.22. The number of rotatable bonds is 7. The summed E-state index contributed by atoms with van der Waals surface area (Å²) in [6, 6.07) is 5.48. The topological polar surface area (TPSA) is 105 Å². The lowest BCUT2D eigenvalue weighted by molar-refractivity contribution is 0.200. The molecule has 1 fully saturated rings. The summed E-state index contributed by atoms with van der Waals surface area (Å²) in [7, 11) is -3.14. The van der Waals surface area contributed by atoms with Gasteiger partial charge in [0, 0.05) is 6.54 Å². The summed E-state index contributed by atoms with van der Waals surface area (Å²) >= 11 is 0. The molecule has 0 radical (unpaired) electrons. The first-order valence-electron chi connectivity index (χ1n) is 7.57. The third kappa shape index (κ3) is 5.23. The first-order chi connectivity index (χ1) is 10.9. The van der Waals surface area contributed by atoms with Gasteiger partial charge in [0.05, 0.1) is 13.2 Å². The molecule has 1 amide bonds. The normalized spacial score (nSPS) is 15.4. The van der Waals surface area contributed by atoms with Crippen molar-refractivity contribution in [3.05, 3.63) is 23.8 Å². The summed E-state index contributed by atoms with van der Waals surface area (Å²) in [5.74, 6) is 1.32. The highest BCUT2D eigenvalue weighted by Crippen LogP contribution is 2.35. The molecule has 1 aliphatic carbocycles. The zero-order valence-corrected chi connectivity index (χ0v) is 13.9. The molecule has 0 atom stereocenters. The van der Waals surface area contributed by atoms with E-state index in [1.165, 1.54) is 12.8 Å². The van der Waals surface area contributed by atoms with Gasteiger partial charge in [0.25, 0.3) is 0 Å². The van der Waals surface area contributed by atoms with E-state index in [0.29, 0.717) is 17.9 Å². The van der Waals surface area contributed by atoms with E-state index in [0.717, 1.165) is 18.4 Å². The van der Waals surface area contributed by atoms with Gasteiger partial charge in [-0.15, -0.1) is 0 Å². The Labute approximate surface area is 135 Å². The Balaban J connectivity index is 1.96. The highest BCUT2D eigenvalue weighted by Gasteiger charge is 2.24. The lowest BCUT2D eigenvalue weighted by atomic mass is 10.1. The molecule has 1 aromatic carbocycles. The standard InChI is InChI=1S/C15H22NO6P/c1-21-13-7-6-11(8-9-16-15(17)23(18,19)20)10-14(13)22-12-4-2-3-5-12/h6-7,10,12H,2-5,8-9H2,1H3,(H,16,17)(H2,18,19,20). The van der Waals surface area contributed by atoms with Crippen LogP contribution in [0.1, 0.15) is 31.2 Å². The van der Waals surface area contributed by atoms with Gasteiger partial charge in [-0.3, -0.25) is 4.79 Å². The van der Waals surface area contributed by atoms with E-state index in [4.69, 9.17) is 19.3 Å². The van der Waals surface area contributed by atoms with Gasteiger partial charge in [-0.1, -0.05) is 6.07 Å². The number of carbonyl (C=O) groups is 1. The summed E-state index contributed by atoms with van der Waals surface area (Å²) in [6.07, 6.45) is 5.05. The van der Waals surface area contributed by atoms with Gasteiger partial charge in [0.1, 0.15) is 0 Å². The van der Waals surface area contributed by atoms with Gasteiger partial charge in [-0.25, -0.2) is 4.57 Å². The van der Waals surface area contributed by atoms with Crippen molar-refractivity contribution in [1.29, 1.82) is 0 Å². The minimum absolute atomic E-state index is 0.138. The average molecular weight is 343 g/mol. The fourth-order valence-electron chi connectivity index (χ4n) is 2.57. The third-order valence-corrected chi connectivity index (χ3v) is 4.47. The van der Waals surface area contributed by atoms with Crippen LogP contribution < -0.4 is 14.8 Å². The fourth-order valence-corrected chi connectivity index (χ4v) is 2.89.